The van der Waals surface area contributed by atoms with Crippen LogP contribution in [0.4, 0.5) is 5.13 Å². The summed E-state index contributed by atoms with van der Waals surface area (Å²) in [6.45, 7) is 0.798. The molecule has 0 unspecified atom stereocenters. The lowest BCUT2D eigenvalue weighted by molar-refractivity contribution is -0.687. The second-order valence-corrected chi connectivity index (χ2v) is 12.3. The third kappa shape index (κ3) is 5.72. The van der Waals surface area contributed by atoms with E-state index in [1.165, 1.54) is 23.8 Å². The maximum absolute atomic E-state index is 13.2. The Hall–Kier alpha value is -5.22. The van der Waals surface area contributed by atoms with Crippen molar-refractivity contribution in [1.82, 2.24) is 19.8 Å². The van der Waals surface area contributed by atoms with E-state index in [4.69, 9.17) is 21.7 Å². The molecule has 6 N–H and O–H groups in total. The van der Waals surface area contributed by atoms with Crippen LogP contribution in [0.25, 0.3) is 10.9 Å². The van der Waals surface area contributed by atoms with E-state index in [1.54, 1.807) is 5.38 Å². The second kappa shape index (κ2) is 12.0. The Bertz CT molecular complexity index is 1910. The van der Waals surface area contributed by atoms with Gasteiger partial charge in [0.15, 0.2) is 29.8 Å². The molecule has 2 amide bonds. The first-order valence-electron chi connectivity index (χ1n) is 13.6. The zero-order chi connectivity index (χ0) is 31.8. The molecule has 0 bridgehead atoms. The summed E-state index contributed by atoms with van der Waals surface area (Å²) in [5, 5.41) is 28.4. The highest BCUT2D eigenvalue weighted by Crippen LogP contribution is 2.40. The quantitative estimate of drug-likeness (QED) is 0.0589. The van der Waals surface area contributed by atoms with Gasteiger partial charge in [-0.3, -0.25) is 19.9 Å². The molecule has 0 saturated carbocycles. The number of carbonyl (C=O) groups is 3. The average Bonchev–Trinajstić information content (AvgIpc) is 3.63. The van der Waals surface area contributed by atoms with E-state index in [9.17, 15) is 19.5 Å². The molecule has 0 radical (unpaired) electrons. The van der Waals surface area contributed by atoms with Crippen LogP contribution >= 0.6 is 23.1 Å². The molecule has 3 aromatic heterocycles. The summed E-state index contributed by atoms with van der Waals surface area (Å²) in [5.74, 6) is -2.42. The number of thiazole rings is 1. The number of oxime groups is 1. The lowest BCUT2D eigenvalue weighted by Gasteiger charge is -2.50. The number of aromatic nitrogens is 3. The maximum atomic E-state index is 13.2. The van der Waals surface area contributed by atoms with Crippen LogP contribution in [0.2, 0.25) is 0 Å². The lowest BCUT2D eigenvalue weighted by Crippen LogP contribution is -2.71. The molecule has 2 aliphatic heterocycles. The maximum Gasteiger partial charge on any atom is 0.276 e. The largest absolute Gasteiger partial charge is 0.543 e. The van der Waals surface area contributed by atoms with Crippen molar-refractivity contribution in [1.29, 1.82) is 5.41 Å². The highest BCUT2D eigenvalue weighted by molar-refractivity contribution is 8.00. The topological polar surface area (TPSA) is 209 Å². The number of benzene rings is 1. The number of β-lactam (4-membered cyclic amide) rings is 1. The molecule has 6 rings (SSSR count). The van der Waals surface area contributed by atoms with Gasteiger partial charge in [-0.25, -0.2) is 4.98 Å². The second-order valence-electron chi connectivity index (χ2n) is 10.3. The predicted octanol–water partition coefficient (Wildman–Crippen LogP) is -0.246. The first kappa shape index (κ1) is 29.8. The summed E-state index contributed by atoms with van der Waals surface area (Å²) in [5.41, 5.74) is 14.2. The number of rotatable bonds is 10. The minimum absolute atomic E-state index is 0.00921. The number of aliphatic carboxylic acids is 1. The van der Waals surface area contributed by atoms with Crippen LogP contribution in [0, 0.1) is 5.41 Å². The van der Waals surface area contributed by atoms with Crippen molar-refractivity contribution in [3.8, 4) is 0 Å². The number of nitrogen functional groups attached to an aromatic ring is 2. The fourth-order valence-electron chi connectivity index (χ4n) is 5.31. The molecule has 2 aliphatic rings. The van der Waals surface area contributed by atoms with Crippen LogP contribution < -0.4 is 26.5 Å². The van der Waals surface area contributed by atoms with Crippen LogP contribution in [0.1, 0.15) is 16.8 Å². The molecular formula is C29H27N9O5S2. The van der Waals surface area contributed by atoms with Gasteiger partial charge in [0.2, 0.25) is 0 Å². The minimum Gasteiger partial charge on any atom is -0.543 e. The van der Waals surface area contributed by atoms with Crippen molar-refractivity contribution in [2.45, 2.75) is 24.5 Å². The number of carboxylic acid groups (broad SMARTS) is 1. The van der Waals surface area contributed by atoms with E-state index < -0.39 is 29.2 Å². The first-order chi connectivity index (χ1) is 21.6. The fraction of sp³-hybridized carbons (Fsp3) is 0.207. The molecule has 1 aromatic carbocycles. The molecule has 230 valence electrons. The van der Waals surface area contributed by atoms with E-state index in [0.717, 1.165) is 27.8 Å². The van der Waals surface area contributed by atoms with Gasteiger partial charge >= 0.3 is 0 Å². The first-order valence-corrected chi connectivity index (χ1v) is 15.5. The molecule has 16 heteroatoms. The molecule has 0 spiro atoms. The van der Waals surface area contributed by atoms with Crippen molar-refractivity contribution in [2.24, 2.45) is 10.9 Å². The van der Waals surface area contributed by atoms with Crippen LogP contribution in [-0.2, 0) is 32.3 Å². The number of amides is 2. The van der Waals surface area contributed by atoms with Gasteiger partial charge in [-0.2, -0.15) is 4.57 Å². The highest BCUT2D eigenvalue weighted by Gasteiger charge is 2.53. The smallest absolute Gasteiger partial charge is 0.276 e. The molecular weight excluding hydrogens is 619 g/mol. The molecule has 5 heterocycles. The number of amidine groups is 1. The Balaban J connectivity index is 1.20. The van der Waals surface area contributed by atoms with E-state index in [-0.39, 0.29) is 34.6 Å². The number of pyridine rings is 1. The average molecular weight is 646 g/mol. The number of carbonyl (C=O) groups excluding carboxylic acids is 3. The summed E-state index contributed by atoms with van der Waals surface area (Å²) in [7, 11) is 1.27. The number of hydrogen-bond donors (Lipinski definition) is 4. The third-order valence-corrected chi connectivity index (χ3v) is 9.47. The molecule has 1 saturated heterocycles. The van der Waals surface area contributed by atoms with E-state index in [1.807, 2.05) is 59.6 Å². The van der Waals surface area contributed by atoms with Crippen LogP contribution in [-0.4, -0.2) is 68.1 Å². The van der Waals surface area contributed by atoms with Gasteiger partial charge < -0.3 is 36.1 Å². The summed E-state index contributed by atoms with van der Waals surface area (Å²) in [6, 6.07) is 10.4. The van der Waals surface area contributed by atoms with E-state index in [2.05, 4.69) is 20.0 Å². The predicted molar refractivity (Wildman–Crippen MR) is 166 cm³/mol. The Kier molecular flexibility index (Phi) is 7.99. The molecule has 14 nitrogen and oxygen atoms in total. The number of hydrogen-bond acceptors (Lipinski definition) is 11. The van der Waals surface area contributed by atoms with Crippen molar-refractivity contribution in [3.05, 3.63) is 88.5 Å². The summed E-state index contributed by atoms with van der Waals surface area (Å²) < 4.78 is 3.94. The summed E-state index contributed by atoms with van der Waals surface area (Å²) in [6.07, 6.45) is 5.76. The van der Waals surface area contributed by atoms with E-state index in [0.29, 0.717) is 23.4 Å². The van der Waals surface area contributed by atoms with Crippen molar-refractivity contribution < 1.29 is 28.9 Å². The van der Waals surface area contributed by atoms with Crippen molar-refractivity contribution in [3.63, 3.8) is 0 Å². The minimum atomic E-state index is -1.47. The van der Waals surface area contributed by atoms with Crippen LogP contribution in [0.3, 0.4) is 0 Å². The Morgan fingerprint density at radius 2 is 2.04 bits per heavy atom. The molecule has 1 fully saturated rings. The van der Waals surface area contributed by atoms with Gasteiger partial charge in [0.05, 0.1) is 11.7 Å². The van der Waals surface area contributed by atoms with Gasteiger partial charge in [0.25, 0.3) is 11.8 Å². The van der Waals surface area contributed by atoms with E-state index >= 15 is 0 Å². The van der Waals surface area contributed by atoms with Gasteiger partial charge in [-0.15, -0.1) is 23.1 Å². The number of carboxylic acids is 1. The van der Waals surface area contributed by atoms with Gasteiger partial charge in [-0.1, -0.05) is 29.4 Å². The van der Waals surface area contributed by atoms with Gasteiger partial charge in [0.1, 0.15) is 35.6 Å². The van der Waals surface area contributed by atoms with Crippen LogP contribution in [0.5, 0.6) is 0 Å². The number of nitrogens with one attached hydrogen (secondary N) is 2. The van der Waals surface area contributed by atoms with Crippen LogP contribution in [0.15, 0.2) is 76.8 Å². The lowest BCUT2D eigenvalue weighted by atomic mass is 10.0. The Morgan fingerprint density at radius 3 is 2.71 bits per heavy atom. The van der Waals surface area contributed by atoms with Crippen molar-refractivity contribution >= 4 is 68.5 Å². The SMILES string of the molecule is CO/N=C(\C(=O)N[C@@H]1C(=O)N2C(C(=O)[O-])=C(C[n+]3ccc4ccn(Cc5ccc(C(=N)N)cc5)c4c3)CS[C@H]12)c1csc(N)n1. The highest BCUT2D eigenvalue weighted by atomic mass is 32.2. The Morgan fingerprint density at radius 1 is 1.27 bits per heavy atom. The normalized spacial score (nSPS) is 18.0. The van der Waals surface area contributed by atoms with Gasteiger partial charge in [0, 0.05) is 46.5 Å². The standard InChI is InChI=1S/C29H27N9O5S2/c1-43-35-21(19-14-45-29(32)33-19)25(39)34-22-26(40)38-23(28(41)42)18(13-44-27(22)38)11-36-8-6-16-7-9-37(20(16)12-36)10-15-2-4-17(5-3-15)24(30)31/h2-9,12,14,22,27H,10-11,13H2,1H3,(H6-,30,31,32,33,34,39,41,42)/b35-21-/t22-,27-/m1/s1. The zero-order valence-corrected chi connectivity index (χ0v) is 25.4. The number of nitrogens with two attached hydrogens (primary N) is 2. The monoisotopic (exact) mass is 645 g/mol. The summed E-state index contributed by atoms with van der Waals surface area (Å²) >= 11 is 2.47. The number of fused-ring (bicyclic) bond motifs is 2. The number of anilines is 1. The van der Waals surface area contributed by atoms with Gasteiger partial charge in [-0.05, 0) is 11.6 Å². The Labute approximate surface area is 264 Å². The fourth-order valence-corrected chi connectivity index (χ4v) is 7.19. The number of nitrogens with zero attached hydrogens (tertiary/aromatic N) is 5. The molecule has 4 aromatic rings. The zero-order valence-electron chi connectivity index (χ0n) is 23.8. The molecule has 45 heavy (non-hydrogen) atoms. The number of thioether (sulfide) groups is 1. The summed E-state index contributed by atoms with van der Waals surface area (Å²) in [4.78, 5) is 48.6. The molecule has 0 aliphatic carbocycles. The third-order valence-electron chi connectivity index (χ3n) is 7.45. The molecule has 2 atom stereocenters. The van der Waals surface area contributed by atoms with Crippen molar-refractivity contribution in [2.75, 3.05) is 18.6 Å².